The molecular formula is C15H12FN3O2S. The van der Waals surface area contributed by atoms with E-state index in [2.05, 4.69) is 15.8 Å². The van der Waals surface area contributed by atoms with E-state index in [0.717, 1.165) is 0 Å². The van der Waals surface area contributed by atoms with E-state index in [1.807, 2.05) is 0 Å². The number of thiocarbonyl (C=S) groups is 1. The van der Waals surface area contributed by atoms with Gasteiger partial charge in [-0.15, -0.1) is 0 Å². The molecule has 0 bridgehead atoms. The molecule has 0 aliphatic carbocycles. The number of hydrogen-bond donors (Lipinski definition) is 3. The van der Waals surface area contributed by atoms with E-state index >= 15 is 0 Å². The fourth-order valence-electron chi connectivity index (χ4n) is 1.60. The predicted molar refractivity (Wildman–Crippen MR) is 86.8 cm³/mol. The van der Waals surface area contributed by atoms with Crippen molar-refractivity contribution < 1.29 is 14.3 Å². The molecule has 2 aromatic carbocycles. The molecule has 2 rings (SSSR count). The molecule has 0 unspecified atom stereocenters. The minimum atomic E-state index is -1.02. The van der Waals surface area contributed by atoms with Gasteiger partial charge in [0.15, 0.2) is 5.11 Å². The van der Waals surface area contributed by atoms with Gasteiger partial charge in [0.2, 0.25) is 0 Å². The predicted octanol–water partition coefficient (Wildman–Crippen LogP) is 2.84. The molecule has 0 aliphatic heterocycles. The lowest BCUT2D eigenvalue weighted by molar-refractivity contribution is 0.0697. The van der Waals surface area contributed by atoms with Gasteiger partial charge in [0.1, 0.15) is 5.82 Å². The maximum Gasteiger partial charge on any atom is 0.335 e. The maximum absolute atomic E-state index is 12.7. The topological polar surface area (TPSA) is 73.7 Å². The maximum atomic E-state index is 12.7. The van der Waals surface area contributed by atoms with Crippen LogP contribution in [0.2, 0.25) is 0 Å². The summed E-state index contributed by atoms with van der Waals surface area (Å²) in [7, 11) is 0. The van der Waals surface area contributed by atoms with Crippen molar-refractivity contribution in [2.75, 3.05) is 5.32 Å². The minimum Gasteiger partial charge on any atom is -0.478 e. The highest BCUT2D eigenvalue weighted by Crippen LogP contribution is 2.10. The Morgan fingerprint density at radius 1 is 1.23 bits per heavy atom. The van der Waals surface area contributed by atoms with Crippen LogP contribution in [0, 0.1) is 5.82 Å². The molecule has 0 atom stereocenters. The number of anilines is 1. The molecule has 112 valence electrons. The third-order valence-corrected chi connectivity index (χ3v) is 2.81. The number of nitrogens with zero attached hydrogens (tertiary/aromatic N) is 1. The van der Waals surface area contributed by atoms with Gasteiger partial charge in [0, 0.05) is 5.69 Å². The third-order valence-electron chi connectivity index (χ3n) is 2.62. The number of rotatable bonds is 4. The van der Waals surface area contributed by atoms with E-state index in [4.69, 9.17) is 17.3 Å². The average Bonchev–Trinajstić information content (AvgIpc) is 2.49. The average molecular weight is 317 g/mol. The molecule has 2 aromatic rings. The summed E-state index contributed by atoms with van der Waals surface area (Å²) in [5.74, 6) is -1.34. The van der Waals surface area contributed by atoms with Gasteiger partial charge in [-0.2, -0.15) is 5.10 Å². The first-order valence-corrected chi connectivity index (χ1v) is 6.64. The number of carboxylic acid groups (broad SMARTS) is 1. The summed E-state index contributed by atoms with van der Waals surface area (Å²) in [6, 6.07) is 12.0. The molecule has 0 radical (unpaired) electrons. The van der Waals surface area contributed by atoms with Gasteiger partial charge in [-0.1, -0.05) is 18.2 Å². The summed E-state index contributed by atoms with van der Waals surface area (Å²) in [6.07, 6.45) is 1.49. The second kappa shape index (κ2) is 7.28. The van der Waals surface area contributed by atoms with E-state index in [1.54, 1.807) is 24.3 Å². The van der Waals surface area contributed by atoms with Crippen LogP contribution < -0.4 is 10.7 Å². The van der Waals surface area contributed by atoms with Crippen molar-refractivity contribution in [1.29, 1.82) is 0 Å². The quantitative estimate of drug-likeness (QED) is 0.459. The molecule has 0 aromatic heterocycles. The Morgan fingerprint density at radius 2 is 1.95 bits per heavy atom. The Balaban J connectivity index is 1.91. The van der Waals surface area contributed by atoms with E-state index in [0.29, 0.717) is 11.3 Å². The molecule has 5 nitrogen and oxygen atoms in total. The fourth-order valence-corrected chi connectivity index (χ4v) is 1.77. The van der Waals surface area contributed by atoms with Crippen LogP contribution in [0.15, 0.2) is 53.6 Å². The summed E-state index contributed by atoms with van der Waals surface area (Å²) in [6.45, 7) is 0. The molecule has 22 heavy (non-hydrogen) atoms. The number of nitrogens with one attached hydrogen (secondary N) is 2. The van der Waals surface area contributed by atoms with Crippen LogP contribution in [0.25, 0.3) is 0 Å². The Hall–Kier alpha value is -2.80. The van der Waals surface area contributed by atoms with Crippen molar-refractivity contribution in [3.8, 4) is 0 Å². The van der Waals surface area contributed by atoms with E-state index in [9.17, 15) is 9.18 Å². The first-order chi connectivity index (χ1) is 10.5. The lowest BCUT2D eigenvalue weighted by atomic mass is 10.2. The zero-order chi connectivity index (χ0) is 15.9. The molecule has 0 fully saturated rings. The monoisotopic (exact) mass is 317 g/mol. The van der Waals surface area contributed by atoms with Gasteiger partial charge in [-0.3, -0.25) is 5.43 Å². The van der Waals surface area contributed by atoms with Crippen LogP contribution in [0.3, 0.4) is 0 Å². The number of carboxylic acids is 1. The van der Waals surface area contributed by atoms with Crippen LogP contribution in [0.4, 0.5) is 10.1 Å². The van der Waals surface area contributed by atoms with Gasteiger partial charge in [-0.25, -0.2) is 9.18 Å². The summed E-state index contributed by atoms with van der Waals surface area (Å²) in [5, 5.41) is 15.8. The number of hydrazone groups is 1. The third kappa shape index (κ3) is 4.64. The van der Waals surface area contributed by atoms with Gasteiger partial charge in [0.25, 0.3) is 0 Å². The van der Waals surface area contributed by atoms with Crippen molar-refractivity contribution in [1.82, 2.24) is 5.43 Å². The van der Waals surface area contributed by atoms with Crippen LogP contribution >= 0.6 is 12.2 Å². The molecule has 7 heteroatoms. The normalized spacial score (nSPS) is 10.4. The van der Waals surface area contributed by atoms with Crippen molar-refractivity contribution >= 4 is 35.2 Å². The van der Waals surface area contributed by atoms with Crippen molar-refractivity contribution in [3.63, 3.8) is 0 Å². The summed E-state index contributed by atoms with van der Waals surface area (Å²) in [4.78, 5) is 10.9. The molecule has 0 saturated heterocycles. The molecule has 0 spiro atoms. The lowest BCUT2D eigenvalue weighted by Gasteiger charge is -2.07. The highest BCUT2D eigenvalue weighted by atomic mass is 32.1. The van der Waals surface area contributed by atoms with Crippen molar-refractivity contribution in [2.45, 2.75) is 0 Å². The Bertz CT molecular complexity index is 717. The number of hydrogen-bond acceptors (Lipinski definition) is 3. The van der Waals surface area contributed by atoms with Gasteiger partial charge in [-0.05, 0) is 48.1 Å². The largest absolute Gasteiger partial charge is 0.478 e. The van der Waals surface area contributed by atoms with E-state index in [-0.39, 0.29) is 16.5 Å². The number of aromatic carboxylic acids is 1. The zero-order valence-electron chi connectivity index (χ0n) is 11.3. The number of carbonyl (C=O) groups is 1. The van der Waals surface area contributed by atoms with Crippen molar-refractivity contribution in [3.05, 3.63) is 65.5 Å². The molecule has 0 amide bonds. The first kappa shape index (κ1) is 15.6. The van der Waals surface area contributed by atoms with Crippen LogP contribution in [-0.2, 0) is 0 Å². The molecule has 0 heterocycles. The van der Waals surface area contributed by atoms with Crippen LogP contribution in [-0.4, -0.2) is 22.4 Å². The second-order valence-electron chi connectivity index (χ2n) is 4.26. The molecular weight excluding hydrogens is 305 g/mol. The standard InChI is InChI=1S/C15H12FN3O2S/c16-12-6-4-10(5-7-12)9-17-19-15(22)18-13-3-1-2-11(8-13)14(20)21/h1-9H,(H,20,21)(H2,18,19,22)/b17-9+. The molecule has 0 aliphatic rings. The van der Waals surface area contributed by atoms with E-state index < -0.39 is 5.97 Å². The van der Waals surface area contributed by atoms with Crippen LogP contribution in [0.1, 0.15) is 15.9 Å². The Labute approximate surface area is 131 Å². The molecule has 3 N–H and O–H groups in total. The zero-order valence-corrected chi connectivity index (χ0v) is 12.1. The fraction of sp³-hybridized carbons (Fsp3) is 0. The number of halogens is 1. The highest BCUT2D eigenvalue weighted by molar-refractivity contribution is 7.80. The van der Waals surface area contributed by atoms with Gasteiger partial charge < -0.3 is 10.4 Å². The lowest BCUT2D eigenvalue weighted by Crippen LogP contribution is -2.24. The Morgan fingerprint density at radius 3 is 2.64 bits per heavy atom. The van der Waals surface area contributed by atoms with E-state index in [1.165, 1.54) is 30.5 Å². The second-order valence-corrected chi connectivity index (χ2v) is 4.67. The highest BCUT2D eigenvalue weighted by Gasteiger charge is 2.03. The minimum absolute atomic E-state index is 0.155. The van der Waals surface area contributed by atoms with Gasteiger partial charge >= 0.3 is 5.97 Å². The van der Waals surface area contributed by atoms with Gasteiger partial charge in [0.05, 0.1) is 11.8 Å². The summed E-state index contributed by atoms with van der Waals surface area (Å²) >= 11 is 5.04. The van der Waals surface area contributed by atoms with Crippen LogP contribution in [0.5, 0.6) is 0 Å². The Kier molecular flexibility index (Phi) is 5.16. The number of benzene rings is 2. The smallest absolute Gasteiger partial charge is 0.335 e. The molecule has 0 saturated carbocycles. The summed E-state index contributed by atoms with van der Waals surface area (Å²) in [5.41, 5.74) is 4.00. The summed E-state index contributed by atoms with van der Waals surface area (Å²) < 4.78 is 12.7. The SMILES string of the molecule is O=C(O)c1cccc(NC(=S)N/N=C/c2ccc(F)cc2)c1. The first-order valence-electron chi connectivity index (χ1n) is 6.23. The van der Waals surface area contributed by atoms with Crippen molar-refractivity contribution in [2.24, 2.45) is 5.10 Å².